The first-order chi connectivity index (χ1) is 13.7. The first-order valence-corrected chi connectivity index (χ1v) is 9.53. The molecule has 0 aromatic heterocycles. The summed E-state index contributed by atoms with van der Waals surface area (Å²) in [4.78, 5) is 17.3. The van der Waals surface area contributed by atoms with E-state index < -0.39 is 0 Å². The van der Waals surface area contributed by atoms with Crippen LogP contribution in [0.15, 0.2) is 55.1 Å². The molecule has 3 aliphatic rings. The summed E-state index contributed by atoms with van der Waals surface area (Å²) in [6, 6.07) is 13.8. The average Bonchev–Trinajstić information content (AvgIpc) is 3.41. The number of ether oxygens (including phenoxy) is 3. The number of para-hydroxylation sites is 1. The van der Waals surface area contributed by atoms with Gasteiger partial charge in [0.05, 0.1) is 12.1 Å². The quantitative estimate of drug-likeness (QED) is 0.724. The second-order valence-electron chi connectivity index (χ2n) is 7.29. The third-order valence-corrected chi connectivity index (χ3v) is 5.61. The number of fused-ring (bicyclic) bond motifs is 3. The number of benzene rings is 2. The van der Waals surface area contributed by atoms with Crippen LogP contribution in [-0.4, -0.2) is 42.8 Å². The molecule has 6 nitrogen and oxygen atoms in total. The number of rotatable bonds is 6. The molecule has 2 fully saturated rings. The van der Waals surface area contributed by atoms with Crippen molar-refractivity contribution in [2.45, 2.75) is 25.0 Å². The van der Waals surface area contributed by atoms with Crippen LogP contribution in [0, 0.1) is 0 Å². The minimum atomic E-state index is -0.0946. The van der Waals surface area contributed by atoms with Gasteiger partial charge < -0.3 is 19.1 Å². The second-order valence-corrected chi connectivity index (χ2v) is 7.29. The highest BCUT2D eigenvalue weighted by Gasteiger charge is 2.50. The number of nitrogens with zero attached hydrogens (tertiary/aromatic N) is 2. The third-order valence-electron chi connectivity index (χ3n) is 5.61. The minimum absolute atomic E-state index is 0.0946. The van der Waals surface area contributed by atoms with Gasteiger partial charge in [-0.1, -0.05) is 30.9 Å². The Morgan fingerprint density at radius 3 is 2.89 bits per heavy atom. The largest absolute Gasteiger partial charge is 0.489 e. The van der Waals surface area contributed by atoms with Crippen molar-refractivity contribution < 1.29 is 19.0 Å². The van der Waals surface area contributed by atoms with E-state index in [0.29, 0.717) is 18.9 Å². The summed E-state index contributed by atoms with van der Waals surface area (Å²) in [7, 11) is 0. The third kappa shape index (κ3) is 2.81. The van der Waals surface area contributed by atoms with Crippen LogP contribution < -0.4 is 19.1 Å². The molecule has 0 unspecified atom stereocenters. The maximum atomic E-state index is 13.1. The van der Waals surface area contributed by atoms with Gasteiger partial charge in [-0.15, -0.1) is 0 Å². The zero-order chi connectivity index (χ0) is 19.1. The van der Waals surface area contributed by atoms with Gasteiger partial charge in [-0.2, -0.15) is 0 Å². The Labute approximate surface area is 163 Å². The van der Waals surface area contributed by atoms with E-state index in [-0.39, 0.29) is 24.8 Å². The van der Waals surface area contributed by atoms with Crippen LogP contribution in [0.3, 0.4) is 0 Å². The van der Waals surface area contributed by atoms with Gasteiger partial charge in [-0.3, -0.25) is 9.69 Å². The van der Waals surface area contributed by atoms with Crippen LogP contribution in [0.4, 0.5) is 5.69 Å². The standard InChI is InChI=1S/C22H22N2O4/c1-2-9-26-19-6-4-3-5-15(19)12-23-13-17-10-18(23)22(25)24(17)16-7-8-20-21(11-16)28-14-27-20/h2-8,11,17-18H,1,9-10,12-14H2/t17-,18-/m0/s1. The molecule has 2 saturated heterocycles. The van der Waals surface area contributed by atoms with Gasteiger partial charge in [0.1, 0.15) is 12.4 Å². The lowest BCUT2D eigenvalue weighted by atomic mass is 10.1. The predicted octanol–water partition coefficient (Wildman–Crippen LogP) is 2.97. The number of hydrogen-bond donors (Lipinski definition) is 0. The molecule has 3 heterocycles. The lowest BCUT2D eigenvalue weighted by molar-refractivity contribution is -0.122. The Balaban J connectivity index is 1.33. The van der Waals surface area contributed by atoms with Gasteiger partial charge in [-0.05, 0) is 24.6 Å². The lowest BCUT2D eigenvalue weighted by Crippen LogP contribution is -2.50. The number of anilines is 1. The normalized spacial score (nSPS) is 22.7. The molecule has 2 bridgehead atoms. The highest BCUT2D eigenvalue weighted by atomic mass is 16.7. The van der Waals surface area contributed by atoms with E-state index >= 15 is 0 Å². The van der Waals surface area contributed by atoms with Crippen LogP contribution >= 0.6 is 0 Å². The number of carbonyl (C=O) groups is 1. The van der Waals surface area contributed by atoms with Gasteiger partial charge in [0, 0.05) is 30.4 Å². The number of likely N-dealkylation sites (tertiary alicyclic amines) is 1. The lowest BCUT2D eigenvalue weighted by Gasteiger charge is -2.34. The molecule has 1 amide bonds. The summed E-state index contributed by atoms with van der Waals surface area (Å²) in [5.41, 5.74) is 1.98. The Morgan fingerprint density at radius 2 is 2.04 bits per heavy atom. The fraction of sp³-hybridized carbons (Fsp3) is 0.318. The average molecular weight is 378 g/mol. The Morgan fingerprint density at radius 1 is 1.18 bits per heavy atom. The van der Waals surface area contributed by atoms with Gasteiger partial charge >= 0.3 is 0 Å². The summed E-state index contributed by atoms with van der Waals surface area (Å²) in [6.07, 6.45) is 2.59. The van der Waals surface area contributed by atoms with Crippen LogP contribution in [0.25, 0.3) is 0 Å². The fourth-order valence-electron chi connectivity index (χ4n) is 4.35. The van der Waals surface area contributed by atoms with Crippen molar-refractivity contribution >= 4 is 11.6 Å². The minimum Gasteiger partial charge on any atom is -0.489 e. The van der Waals surface area contributed by atoms with E-state index in [1.165, 1.54) is 0 Å². The second kappa shape index (κ2) is 6.87. The van der Waals surface area contributed by atoms with Crippen molar-refractivity contribution in [2.24, 2.45) is 0 Å². The predicted molar refractivity (Wildman–Crippen MR) is 105 cm³/mol. The first kappa shape index (κ1) is 17.1. The molecule has 6 heteroatoms. The molecule has 2 aromatic rings. The molecule has 0 N–H and O–H groups in total. The van der Waals surface area contributed by atoms with Crippen LogP contribution in [-0.2, 0) is 11.3 Å². The van der Waals surface area contributed by atoms with Crippen LogP contribution in [0.1, 0.15) is 12.0 Å². The van der Waals surface area contributed by atoms with Crippen molar-refractivity contribution in [3.8, 4) is 17.2 Å². The molecule has 2 atom stereocenters. The number of carbonyl (C=O) groups excluding carboxylic acids is 1. The van der Waals surface area contributed by atoms with Crippen molar-refractivity contribution in [1.82, 2.24) is 4.90 Å². The summed E-state index contributed by atoms with van der Waals surface area (Å²) in [6.45, 7) is 5.97. The SMILES string of the molecule is C=CCOc1ccccc1CN1C[C@@H]2C[C@H]1C(=O)N2c1ccc2c(c1)OCO2. The maximum Gasteiger partial charge on any atom is 0.244 e. The highest BCUT2D eigenvalue weighted by molar-refractivity contribution is 6.01. The molecule has 2 aromatic carbocycles. The molecule has 3 aliphatic heterocycles. The van der Waals surface area contributed by atoms with Crippen LogP contribution in [0.2, 0.25) is 0 Å². The van der Waals surface area contributed by atoms with E-state index in [2.05, 4.69) is 17.5 Å². The molecule has 28 heavy (non-hydrogen) atoms. The Hall–Kier alpha value is -2.99. The van der Waals surface area contributed by atoms with Crippen molar-refractivity contribution in [2.75, 3.05) is 24.8 Å². The van der Waals surface area contributed by atoms with Gasteiger partial charge in [0.2, 0.25) is 12.7 Å². The molecule has 5 rings (SSSR count). The Kier molecular flexibility index (Phi) is 4.20. The first-order valence-electron chi connectivity index (χ1n) is 9.53. The van der Waals surface area contributed by atoms with Crippen molar-refractivity contribution in [3.05, 3.63) is 60.7 Å². The number of amides is 1. The Bertz CT molecular complexity index is 929. The maximum absolute atomic E-state index is 13.1. The van der Waals surface area contributed by atoms with Gasteiger partial charge in [-0.25, -0.2) is 0 Å². The monoisotopic (exact) mass is 378 g/mol. The highest BCUT2D eigenvalue weighted by Crippen LogP contribution is 2.41. The van der Waals surface area contributed by atoms with E-state index in [4.69, 9.17) is 14.2 Å². The summed E-state index contributed by atoms with van der Waals surface area (Å²) < 4.78 is 16.6. The number of piperazine rings is 1. The summed E-state index contributed by atoms with van der Waals surface area (Å²) in [5, 5.41) is 0. The van der Waals surface area contributed by atoms with Gasteiger partial charge in [0.15, 0.2) is 11.5 Å². The van der Waals surface area contributed by atoms with E-state index in [1.54, 1.807) is 6.08 Å². The zero-order valence-corrected chi connectivity index (χ0v) is 15.5. The van der Waals surface area contributed by atoms with Crippen LogP contribution in [0.5, 0.6) is 17.2 Å². The zero-order valence-electron chi connectivity index (χ0n) is 15.5. The van der Waals surface area contributed by atoms with E-state index in [1.807, 2.05) is 41.3 Å². The summed E-state index contributed by atoms with van der Waals surface area (Å²) >= 11 is 0. The molecular weight excluding hydrogens is 356 g/mol. The van der Waals surface area contributed by atoms with E-state index in [0.717, 1.165) is 35.7 Å². The topological polar surface area (TPSA) is 51.2 Å². The molecule has 0 radical (unpaired) electrons. The molecule has 0 saturated carbocycles. The molecular formula is C22H22N2O4. The fourth-order valence-corrected chi connectivity index (χ4v) is 4.35. The van der Waals surface area contributed by atoms with Gasteiger partial charge in [0.25, 0.3) is 0 Å². The van der Waals surface area contributed by atoms with Crippen molar-refractivity contribution in [3.63, 3.8) is 0 Å². The molecule has 0 aliphatic carbocycles. The number of hydrogen-bond acceptors (Lipinski definition) is 5. The van der Waals surface area contributed by atoms with Crippen molar-refractivity contribution in [1.29, 1.82) is 0 Å². The summed E-state index contributed by atoms with van der Waals surface area (Å²) in [5.74, 6) is 2.45. The van der Waals surface area contributed by atoms with E-state index in [9.17, 15) is 4.79 Å². The smallest absolute Gasteiger partial charge is 0.244 e. The molecule has 0 spiro atoms. The molecule has 144 valence electrons.